The van der Waals surface area contributed by atoms with Gasteiger partial charge in [-0.05, 0) is 25.1 Å². The average molecular weight is 347 g/mol. The van der Waals surface area contributed by atoms with E-state index < -0.39 is 0 Å². The van der Waals surface area contributed by atoms with Gasteiger partial charge in [0.05, 0.1) is 16.8 Å². The zero-order chi connectivity index (χ0) is 17.2. The third-order valence-electron chi connectivity index (χ3n) is 3.61. The van der Waals surface area contributed by atoms with Gasteiger partial charge in [-0.3, -0.25) is 15.1 Å². The second-order valence-corrected chi connectivity index (χ2v) is 6.28. The van der Waals surface area contributed by atoms with Gasteiger partial charge in [0, 0.05) is 34.9 Å². The number of carbonyl (C=O) groups excluding carboxylic acids is 1. The number of fused-ring (bicyclic) bond motifs is 1. The number of pyridine rings is 1. The van der Waals surface area contributed by atoms with E-state index in [2.05, 4.69) is 25.3 Å². The fourth-order valence-electron chi connectivity index (χ4n) is 2.45. The molecule has 7 heteroatoms. The number of carbonyl (C=O) groups is 1. The van der Waals surface area contributed by atoms with Crippen molar-refractivity contribution < 1.29 is 4.79 Å². The van der Waals surface area contributed by atoms with Crippen LogP contribution in [0.1, 0.15) is 16.1 Å². The second kappa shape index (κ2) is 6.37. The summed E-state index contributed by atoms with van der Waals surface area (Å²) in [6.07, 6.45) is 5.11. The lowest BCUT2D eigenvalue weighted by Crippen LogP contribution is -2.13. The molecule has 0 radical (unpaired) electrons. The quantitative estimate of drug-likeness (QED) is 0.611. The first kappa shape index (κ1) is 15.3. The number of anilines is 1. The fourth-order valence-corrected chi connectivity index (χ4v) is 3.13. The second-order valence-electron chi connectivity index (χ2n) is 5.43. The maximum Gasteiger partial charge on any atom is 0.259 e. The van der Waals surface area contributed by atoms with Gasteiger partial charge in [0.1, 0.15) is 0 Å². The predicted octanol–water partition coefficient (Wildman–Crippen LogP) is 3.71. The first-order valence-electron chi connectivity index (χ1n) is 7.60. The van der Waals surface area contributed by atoms with Gasteiger partial charge in [-0.2, -0.15) is 0 Å². The Morgan fingerprint density at radius 1 is 1.12 bits per heavy atom. The van der Waals surface area contributed by atoms with E-state index in [0.717, 1.165) is 16.6 Å². The number of rotatable bonds is 3. The third kappa shape index (κ3) is 3.09. The predicted molar refractivity (Wildman–Crippen MR) is 97.6 cm³/mol. The molecular weight excluding hydrogens is 334 g/mol. The normalized spacial score (nSPS) is 10.8. The minimum Gasteiger partial charge on any atom is -0.298 e. The molecule has 3 heterocycles. The lowest BCUT2D eigenvalue weighted by molar-refractivity contribution is 0.102. The van der Waals surface area contributed by atoms with Gasteiger partial charge in [-0.25, -0.2) is 15.0 Å². The molecule has 0 saturated heterocycles. The molecule has 4 rings (SSSR count). The van der Waals surface area contributed by atoms with Gasteiger partial charge in [-0.1, -0.05) is 12.1 Å². The minimum atomic E-state index is -0.240. The van der Waals surface area contributed by atoms with E-state index in [1.54, 1.807) is 24.7 Å². The van der Waals surface area contributed by atoms with Crippen molar-refractivity contribution in [3.05, 3.63) is 65.6 Å². The van der Waals surface area contributed by atoms with E-state index in [1.165, 1.54) is 11.3 Å². The number of thiazole rings is 1. The minimum absolute atomic E-state index is 0.240. The van der Waals surface area contributed by atoms with Crippen LogP contribution in [0.3, 0.4) is 0 Å². The summed E-state index contributed by atoms with van der Waals surface area (Å²) in [6.45, 7) is 1.89. The smallest absolute Gasteiger partial charge is 0.259 e. The first-order valence-corrected chi connectivity index (χ1v) is 8.48. The van der Waals surface area contributed by atoms with Crippen molar-refractivity contribution in [2.45, 2.75) is 6.92 Å². The molecule has 1 amide bonds. The molecule has 0 fully saturated rings. The standard InChI is InChI=1S/C18H13N5OS/c1-11-10-25-18(21-11)23-17(24)14-6-2-4-12-9-20-16(22-15(12)14)13-5-3-7-19-8-13/h2-10H,1H3,(H,21,23,24). The fraction of sp³-hybridized carbons (Fsp3) is 0.0556. The molecular formula is C18H13N5OS. The molecule has 0 aliphatic carbocycles. The van der Waals surface area contributed by atoms with Crippen molar-refractivity contribution in [1.29, 1.82) is 0 Å². The molecule has 1 aromatic carbocycles. The highest BCUT2D eigenvalue weighted by Crippen LogP contribution is 2.22. The van der Waals surface area contributed by atoms with Gasteiger partial charge in [-0.15, -0.1) is 11.3 Å². The molecule has 0 bridgehead atoms. The van der Waals surface area contributed by atoms with Gasteiger partial charge in [0.15, 0.2) is 11.0 Å². The number of nitrogens with one attached hydrogen (secondary N) is 1. The van der Waals surface area contributed by atoms with Crippen molar-refractivity contribution in [2.24, 2.45) is 0 Å². The Morgan fingerprint density at radius 2 is 2.04 bits per heavy atom. The number of benzene rings is 1. The van der Waals surface area contributed by atoms with E-state index in [0.29, 0.717) is 22.0 Å². The van der Waals surface area contributed by atoms with Gasteiger partial charge in [0.25, 0.3) is 5.91 Å². The van der Waals surface area contributed by atoms with Gasteiger partial charge in [0.2, 0.25) is 0 Å². The maximum absolute atomic E-state index is 12.7. The Kier molecular flexibility index (Phi) is 3.91. The monoisotopic (exact) mass is 347 g/mol. The first-order chi connectivity index (χ1) is 12.2. The molecule has 0 unspecified atom stereocenters. The lowest BCUT2D eigenvalue weighted by atomic mass is 10.1. The highest BCUT2D eigenvalue weighted by Gasteiger charge is 2.14. The molecule has 0 atom stereocenters. The maximum atomic E-state index is 12.7. The molecule has 1 N–H and O–H groups in total. The molecule has 25 heavy (non-hydrogen) atoms. The Bertz CT molecular complexity index is 1060. The largest absolute Gasteiger partial charge is 0.298 e. The summed E-state index contributed by atoms with van der Waals surface area (Å²) in [7, 11) is 0. The van der Waals surface area contributed by atoms with Crippen LogP contribution in [0, 0.1) is 6.92 Å². The molecule has 122 valence electrons. The summed E-state index contributed by atoms with van der Waals surface area (Å²) in [5.74, 6) is 0.293. The lowest BCUT2D eigenvalue weighted by Gasteiger charge is -2.07. The number of aryl methyl sites for hydroxylation is 1. The number of nitrogens with zero attached hydrogens (tertiary/aromatic N) is 4. The van der Waals surface area contributed by atoms with Crippen LogP contribution >= 0.6 is 11.3 Å². The van der Waals surface area contributed by atoms with Crippen LogP contribution in [0.2, 0.25) is 0 Å². The van der Waals surface area contributed by atoms with Crippen LogP contribution in [-0.4, -0.2) is 25.8 Å². The highest BCUT2D eigenvalue weighted by molar-refractivity contribution is 7.13. The highest BCUT2D eigenvalue weighted by atomic mass is 32.1. The van der Waals surface area contributed by atoms with E-state index in [1.807, 2.05) is 36.6 Å². The Morgan fingerprint density at radius 3 is 2.80 bits per heavy atom. The topological polar surface area (TPSA) is 80.7 Å². The molecule has 0 aliphatic heterocycles. The van der Waals surface area contributed by atoms with Gasteiger partial charge < -0.3 is 0 Å². The van der Waals surface area contributed by atoms with E-state index in [-0.39, 0.29) is 5.91 Å². The SMILES string of the molecule is Cc1csc(NC(=O)c2cccc3cnc(-c4cccnc4)nc23)n1. The van der Waals surface area contributed by atoms with Crippen LogP contribution in [0.4, 0.5) is 5.13 Å². The summed E-state index contributed by atoms with van der Waals surface area (Å²) in [4.78, 5) is 30.0. The van der Waals surface area contributed by atoms with E-state index >= 15 is 0 Å². The number of hydrogen-bond donors (Lipinski definition) is 1. The number of aromatic nitrogens is 4. The van der Waals surface area contributed by atoms with Crippen LogP contribution in [0.15, 0.2) is 54.3 Å². The zero-order valence-electron chi connectivity index (χ0n) is 13.3. The van der Waals surface area contributed by atoms with Crippen LogP contribution < -0.4 is 5.32 Å². The average Bonchev–Trinajstić information content (AvgIpc) is 3.06. The van der Waals surface area contributed by atoms with Crippen LogP contribution in [0.25, 0.3) is 22.3 Å². The Balaban J connectivity index is 1.76. The molecule has 4 aromatic rings. The molecule has 0 spiro atoms. The van der Waals surface area contributed by atoms with E-state index in [9.17, 15) is 4.79 Å². The summed E-state index contributed by atoms with van der Waals surface area (Å²) in [5.41, 5.74) is 2.76. The summed E-state index contributed by atoms with van der Waals surface area (Å²) in [6, 6.07) is 9.16. The summed E-state index contributed by atoms with van der Waals surface area (Å²) < 4.78 is 0. The Hall–Kier alpha value is -3.19. The molecule has 6 nitrogen and oxygen atoms in total. The van der Waals surface area contributed by atoms with Crippen molar-refractivity contribution in [3.63, 3.8) is 0 Å². The number of hydrogen-bond acceptors (Lipinski definition) is 6. The molecule has 0 aliphatic rings. The molecule has 3 aromatic heterocycles. The Labute approximate surface area is 147 Å². The molecule has 0 saturated carbocycles. The number of para-hydroxylation sites is 1. The summed E-state index contributed by atoms with van der Waals surface area (Å²) >= 11 is 1.39. The zero-order valence-corrected chi connectivity index (χ0v) is 14.1. The van der Waals surface area contributed by atoms with Crippen LogP contribution in [0.5, 0.6) is 0 Å². The van der Waals surface area contributed by atoms with Crippen molar-refractivity contribution in [2.75, 3.05) is 5.32 Å². The van der Waals surface area contributed by atoms with E-state index in [4.69, 9.17) is 0 Å². The number of amides is 1. The van der Waals surface area contributed by atoms with Gasteiger partial charge >= 0.3 is 0 Å². The van der Waals surface area contributed by atoms with Crippen molar-refractivity contribution in [1.82, 2.24) is 19.9 Å². The van der Waals surface area contributed by atoms with Crippen LogP contribution in [-0.2, 0) is 0 Å². The summed E-state index contributed by atoms with van der Waals surface area (Å²) in [5, 5.41) is 6.09. The third-order valence-corrected chi connectivity index (χ3v) is 4.49. The van der Waals surface area contributed by atoms with Crippen molar-refractivity contribution in [3.8, 4) is 11.4 Å². The van der Waals surface area contributed by atoms with Crippen molar-refractivity contribution >= 4 is 33.3 Å².